The highest BCUT2D eigenvalue weighted by atomic mass is 16.8. The van der Waals surface area contributed by atoms with Gasteiger partial charge in [0.2, 0.25) is 7.85 Å². The molecule has 0 saturated carbocycles. The third-order valence-corrected chi connectivity index (χ3v) is 6.09. The summed E-state index contributed by atoms with van der Waals surface area (Å²) in [5.74, 6) is -2.17. The lowest BCUT2D eigenvalue weighted by atomic mass is 9.99. The zero-order chi connectivity index (χ0) is 26.6. The molecule has 1 aromatic rings. The number of cyclic esters (lactones) is 1. The minimum Gasteiger partial charge on any atom is -0.467 e. The molecule has 10 heteroatoms. The van der Waals surface area contributed by atoms with Crippen molar-refractivity contribution in [2.75, 3.05) is 25.9 Å². The second kappa shape index (κ2) is 11.4. The van der Waals surface area contributed by atoms with E-state index in [0.717, 1.165) is 0 Å². The van der Waals surface area contributed by atoms with E-state index in [0.29, 0.717) is 23.2 Å². The van der Waals surface area contributed by atoms with Gasteiger partial charge < -0.3 is 28.6 Å². The van der Waals surface area contributed by atoms with Crippen molar-refractivity contribution in [3.63, 3.8) is 0 Å². The molecule has 1 aromatic carbocycles. The molecule has 1 saturated heterocycles. The molecule has 3 rings (SSSR count). The van der Waals surface area contributed by atoms with Crippen molar-refractivity contribution in [3.05, 3.63) is 41.0 Å². The van der Waals surface area contributed by atoms with Gasteiger partial charge in [0.25, 0.3) is 0 Å². The Labute approximate surface area is 212 Å². The summed E-state index contributed by atoms with van der Waals surface area (Å²) in [4.78, 5) is 39.3. The number of carbonyl (C=O) groups is 3. The number of nitrogens with zero attached hydrogens (tertiary/aromatic N) is 1. The van der Waals surface area contributed by atoms with E-state index in [1.807, 2.05) is 0 Å². The van der Waals surface area contributed by atoms with Crippen LogP contribution in [0.1, 0.15) is 56.5 Å². The Balaban J connectivity index is 2.13. The van der Waals surface area contributed by atoms with Gasteiger partial charge in [-0.15, -0.1) is 0 Å². The predicted molar refractivity (Wildman–Crippen MR) is 134 cm³/mol. The van der Waals surface area contributed by atoms with Gasteiger partial charge in [-0.3, -0.25) is 9.59 Å². The summed E-state index contributed by atoms with van der Waals surface area (Å²) < 4.78 is 28.3. The lowest BCUT2D eigenvalue weighted by Gasteiger charge is -2.22. The van der Waals surface area contributed by atoms with Crippen LogP contribution in [-0.4, -0.2) is 70.5 Å². The summed E-state index contributed by atoms with van der Waals surface area (Å²) in [6.45, 7) is 6.91. The summed E-state index contributed by atoms with van der Waals surface area (Å²) in [7, 11) is 8.43. The largest absolute Gasteiger partial charge is 0.467 e. The quantitative estimate of drug-likeness (QED) is 0.268. The predicted octanol–water partition coefficient (Wildman–Crippen LogP) is 3.78. The standard InChI is InChI=1S/C26H32BNO8/c1-15-10-11-19(29)23-20(35-26(3,4)36-23)9-7-8-17-12-18(28(5)25(27)31)13-21(33-14-32-6)22(17)24(30)34-16(15)2/h7-8,10,12-13,16,20,23H,9,11,14H2,1-6H3/t16-,20-,23+/m0/s1. The molecule has 0 aromatic heterocycles. The third kappa shape index (κ3) is 6.43. The fraction of sp³-hybridized carbons (Fsp3) is 0.500. The molecule has 0 spiro atoms. The number of Topliss-reactive ketones (excluding diaryl/α,β-unsaturated/α-hetero) is 1. The molecule has 1 fully saturated rings. The van der Waals surface area contributed by atoms with Crippen molar-refractivity contribution < 1.29 is 38.1 Å². The van der Waals surface area contributed by atoms with Crippen LogP contribution in [0.15, 0.2) is 29.9 Å². The number of amides is 1. The fourth-order valence-electron chi connectivity index (χ4n) is 3.99. The first-order chi connectivity index (χ1) is 16.9. The Kier molecular flexibility index (Phi) is 8.76. The summed E-state index contributed by atoms with van der Waals surface area (Å²) in [6.07, 6.45) is 3.84. The average Bonchev–Trinajstić information content (AvgIpc) is 3.13. The van der Waals surface area contributed by atoms with Crippen molar-refractivity contribution in [2.24, 2.45) is 0 Å². The normalized spacial score (nSPS) is 24.2. The minimum absolute atomic E-state index is 0.116. The second-order valence-corrected chi connectivity index (χ2v) is 9.26. The number of hydrogen-bond acceptors (Lipinski definition) is 8. The van der Waals surface area contributed by atoms with E-state index in [4.69, 9.17) is 31.5 Å². The van der Waals surface area contributed by atoms with Crippen LogP contribution in [0.3, 0.4) is 0 Å². The number of anilines is 1. The van der Waals surface area contributed by atoms with Crippen molar-refractivity contribution in [1.29, 1.82) is 0 Å². The number of allylic oxidation sites excluding steroid dienone is 1. The van der Waals surface area contributed by atoms with Crippen LogP contribution in [0.4, 0.5) is 10.5 Å². The van der Waals surface area contributed by atoms with Crippen LogP contribution in [0.2, 0.25) is 0 Å². The third-order valence-electron chi connectivity index (χ3n) is 6.09. The molecule has 0 unspecified atom stereocenters. The average molecular weight is 497 g/mol. The number of hydrogen-bond donors (Lipinski definition) is 0. The molecule has 3 atom stereocenters. The summed E-state index contributed by atoms with van der Waals surface area (Å²) in [5.41, 5.74) is 1.72. The Bertz CT molecular complexity index is 1080. The Hall–Kier alpha value is -2.95. The molecule has 0 aliphatic carbocycles. The first kappa shape index (κ1) is 27.6. The van der Waals surface area contributed by atoms with Gasteiger partial charge in [-0.1, -0.05) is 18.2 Å². The lowest BCUT2D eigenvalue weighted by molar-refractivity contribution is -0.154. The Morgan fingerprint density at radius 3 is 2.64 bits per heavy atom. The van der Waals surface area contributed by atoms with Crippen LogP contribution in [0.25, 0.3) is 6.08 Å². The summed E-state index contributed by atoms with van der Waals surface area (Å²) >= 11 is 0. The van der Waals surface area contributed by atoms with Crippen LogP contribution in [0, 0.1) is 0 Å². The zero-order valence-electron chi connectivity index (χ0n) is 21.5. The van der Waals surface area contributed by atoms with Crippen molar-refractivity contribution in [3.8, 4) is 5.75 Å². The molecular weight excluding hydrogens is 465 g/mol. The highest BCUT2D eigenvalue weighted by Gasteiger charge is 2.44. The lowest BCUT2D eigenvalue weighted by Crippen LogP contribution is -2.31. The smallest absolute Gasteiger partial charge is 0.343 e. The molecule has 2 aliphatic heterocycles. The maximum absolute atomic E-state index is 13.3. The van der Waals surface area contributed by atoms with E-state index in [9.17, 15) is 14.4 Å². The minimum atomic E-state index is -0.908. The first-order valence-corrected chi connectivity index (χ1v) is 11.7. The summed E-state index contributed by atoms with van der Waals surface area (Å²) in [5, 5.41) is 0. The molecule has 1 amide bonds. The van der Waals surface area contributed by atoms with Gasteiger partial charge in [0, 0.05) is 32.3 Å². The number of rotatable bonds is 4. The van der Waals surface area contributed by atoms with Crippen molar-refractivity contribution in [1.82, 2.24) is 0 Å². The van der Waals surface area contributed by atoms with Crippen LogP contribution >= 0.6 is 0 Å². The number of methoxy groups -OCH3 is 1. The Morgan fingerprint density at radius 1 is 1.25 bits per heavy atom. The van der Waals surface area contributed by atoms with Gasteiger partial charge in [-0.2, -0.15) is 0 Å². The van der Waals surface area contributed by atoms with Crippen molar-refractivity contribution >= 4 is 37.2 Å². The maximum Gasteiger partial charge on any atom is 0.343 e. The van der Waals surface area contributed by atoms with Crippen LogP contribution < -0.4 is 9.64 Å². The van der Waals surface area contributed by atoms with Crippen LogP contribution in [-0.2, 0) is 23.7 Å². The number of benzene rings is 1. The van der Waals surface area contributed by atoms with E-state index in [1.54, 1.807) is 52.0 Å². The van der Waals surface area contributed by atoms with E-state index in [-0.39, 0.29) is 30.3 Å². The van der Waals surface area contributed by atoms with Gasteiger partial charge >= 0.3 is 5.97 Å². The molecule has 36 heavy (non-hydrogen) atoms. The van der Waals surface area contributed by atoms with Gasteiger partial charge in [-0.05, 0) is 51.3 Å². The second-order valence-electron chi connectivity index (χ2n) is 9.26. The number of ether oxygens (including phenoxy) is 5. The van der Waals surface area contributed by atoms with Crippen molar-refractivity contribution in [2.45, 2.75) is 64.6 Å². The molecule has 0 bridgehead atoms. The molecule has 2 heterocycles. The highest BCUT2D eigenvalue weighted by molar-refractivity contribution is 6.60. The van der Waals surface area contributed by atoms with Gasteiger partial charge in [0.1, 0.15) is 23.5 Å². The maximum atomic E-state index is 13.3. The molecule has 9 nitrogen and oxygen atoms in total. The van der Waals surface area contributed by atoms with E-state index >= 15 is 0 Å². The van der Waals surface area contributed by atoms with E-state index in [2.05, 4.69) is 0 Å². The molecule has 2 radical (unpaired) electrons. The SMILES string of the molecule is [B]C(=O)N(C)c1cc2c(c(OCOC)c1)C(=O)O[C@@H](C)C(C)=CCC(=O)[C@H]1OC(C)(C)O[C@H]1CC=C2. The molecule has 192 valence electrons. The zero-order valence-corrected chi connectivity index (χ0v) is 21.5. The number of carbonyl (C=O) groups excluding carboxylic acids is 3. The number of esters is 1. The van der Waals surface area contributed by atoms with E-state index < -0.39 is 35.9 Å². The monoisotopic (exact) mass is 497 g/mol. The number of fused-ring (bicyclic) bond motifs is 2. The molecular formula is C26H32BNO8. The van der Waals surface area contributed by atoms with Gasteiger partial charge in [-0.25, -0.2) is 4.79 Å². The molecule has 0 N–H and O–H groups in total. The number of ketones is 1. The first-order valence-electron chi connectivity index (χ1n) is 11.7. The van der Waals surface area contributed by atoms with Gasteiger partial charge in [0.15, 0.2) is 24.2 Å². The van der Waals surface area contributed by atoms with Gasteiger partial charge in [0.05, 0.1) is 6.10 Å². The molecule has 2 aliphatic rings. The fourth-order valence-corrected chi connectivity index (χ4v) is 3.99. The van der Waals surface area contributed by atoms with Crippen LogP contribution in [0.5, 0.6) is 5.75 Å². The highest BCUT2D eigenvalue weighted by Crippen LogP contribution is 2.34. The summed E-state index contributed by atoms with van der Waals surface area (Å²) in [6, 6.07) is 3.16. The van der Waals surface area contributed by atoms with E-state index in [1.165, 1.54) is 25.1 Å². The Morgan fingerprint density at radius 2 is 1.97 bits per heavy atom. The topological polar surface area (TPSA) is 101 Å².